The van der Waals surface area contributed by atoms with Crippen LogP contribution in [0.4, 0.5) is 5.69 Å². The van der Waals surface area contributed by atoms with Gasteiger partial charge >= 0.3 is 0 Å². The standard InChI is InChI=1S/C19H29N3O/c1-18(2)13-19(3,4)17(18)21-16(23)14-5-7-15(8-6-14)22-11-9-20-10-12-22/h5-8,17,20H,9-13H2,1-4H3,(H,21,23). The first-order valence-corrected chi connectivity index (χ1v) is 8.66. The molecule has 1 aromatic rings. The van der Waals surface area contributed by atoms with Crippen LogP contribution in [-0.2, 0) is 0 Å². The third-order valence-electron chi connectivity index (χ3n) is 5.36. The second-order valence-corrected chi connectivity index (χ2v) is 8.34. The van der Waals surface area contributed by atoms with Gasteiger partial charge < -0.3 is 15.5 Å². The van der Waals surface area contributed by atoms with Crippen molar-refractivity contribution >= 4 is 11.6 Å². The molecule has 23 heavy (non-hydrogen) atoms. The van der Waals surface area contributed by atoms with Gasteiger partial charge in [0.1, 0.15) is 0 Å². The lowest BCUT2D eigenvalue weighted by atomic mass is 9.52. The molecule has 1 aliphatic carbocycles. The monoisotopic (exact) mass is 315 g/mol. The zero-order chi connectivity index (χ0) is 16.7. The fourth-order valence-electron chi connectivity index (χ4n) is 4.66. The zero-order valence-electron chi connectivity index (χ0n) is 14.8. The van der Waals surface area contributed by atoms with Gasteiger partial charge in [0.05, 0.1) is 0 Å². The summed E-state index contributed by atoms with van der Waals surface area (Å²) >= 11 is 0. The summed E-state index contributed by atoms with van der Waals surface area (Å²) in [5.74, 6) is 0.0442. The lowest BCUT2D eigenvalue weighted by molar-refractivity contribution is -0.0366. The maximum Gasteiger partial charge on any atom is 0.251 e. The van der Waals surface area contributed by atoms with E-state index in [1.165, 1.54) is 5.69 Å². The van der Waals surface area contributed by atoms with Crippen LogP contribution < -0.4 is 15.5 Å². The molecule has 1 aromatic carbocycles. The van der Waals surface area contributed by atoms with E-state index in [4.69, 9.17) is 0 Å². The highest BCUT2D eigenvalue weighted by Crippen LogP contribution is 2.53. The average Bonchev–Trinajstić information content (AvgIpc) is 2.52. The molecule has 0 atom stereocenters. The summed E-state index contributed by atoms with van der Waals surface area (Å²) in [6, 6.07) is 8.26. The maximum atomic E-state index is 12.6. The molecule has 1 amide bonds. The zero-order valence-corrected chi connectivity index (χ0v) is 14.8. The number of benzene rings is 1. The van der Waals surface area contributed by atoms with Crippen molar-refractivity contribution in [2.24, 2.45) is 10.8 Å². The summed E-state index contributed by atoms with van der Waals surface area (Å²) in [6.45, 7) is 13.0. The van der Waals surface area contributed by atoms with Crippen LogP contribution in [0.3, 0.4) is 0 Å². The van der Waals surface area contributed by atoms with Crippen LogP contribution in [0, 0.1) is 10.8 Å². The summed E-state index contributed by atoms with van der Waals surface area (Å²) in [7, 11) is 0. The van der Waals surface area contributed by atoms with Crippen LogP contribution in [0.15, 0.2) is 24.3 Å². The third-order valence-corrected chi connectivity index (χ3v) is 5.36. The highest BCUT2D eigenvalue weighted by atomic mass is 16.1. The molecule has 4 nitrogen and oxygen atoms in total. The first kappa shape index (κ1) is 16.3. The van der Waals surface area contributed by atoms with E-state index in [0.29, 0.717) is 0 Å². The molecule has 2 N–H and O–H groups in total. The average molecular weight is 315 g/mol. The lowest BCUT2D eigenvalue weighted by Crippen LogP contribution is -2.63. The molecule has 0 spiro atoms. The van der Waals surface area contributed by atoms with Crippen LogP contribution in [0.2, 0.25) is 0 Å². The van der Waals surface area contributed by atoms with Gasteiger partial charge in [0.15, 0.2) is 0 Å². The molecule has 0 unspecified atom stereocenters. The Hall–Kier alpha value is -1.55. The number of anilines is 1. The summed E-state index contributed by atoms with van der Waals surface area (Å²) in [5, 5.41) is 6.61. The fourth-order valence-corrected chi connectivity index (χ4v) is 4.66. The molecule has 4 heteroatoms. The Morgan fingerprint density at radius 2 is 1.65 bits per heavy atom. The second kappa shape index (κ2) is 5.82. The summed E-state index contributed by atoms with van der Waals surface area (Å²) in [4.78, 5) is 14.9. The van der Waals surface area contributed by atoms with Gasteiger partial charge in [-0.3, -0.25) is 4.79 Å². The van der Waals surface area contributed by atoms with Gasteiger partial charge in [0.2, 0.25) is 0 Å². The number of rotatable bonds is 3. The Balaban J connectivity index is 1.66. The Labute approximate surface area is 139 Å². The molecule has 2 fully saturated rings. The number of carbonyl (C=O) groups excluding carboxylic acids is 1. The van der Waals surface area contributed by atoms with Crippen LogP contribution in [-0.4, -0.2) is 38.1 Å². The predicted molar refractivity (Wildman–Crippen MR) is 95.0 cm³/mol. The predicted octanol–water partition coefficient (Wildman–Crippen LogP) is 2.65. The van der Waals surface area contributed by atoms with E-state index in [1.54, 1.807) is 0 Å². The third kappa shape index (κ3) is 3.23. The second-order valence-electron chi connectivity index (χ2n) is 8.34. The fraction of sp³-hybridized carbons (Fsp3) is 0.632. The van der Waals surface area contributed by atoms with Gasteiger partial charge in [0, 0.05) is 43.5 Å². The first-order valence-electron chi connectivity index (χ1n) is 8.66. The summed E-state index contributed by atoms with van der Waals surface area (Å²) < 4.78 is 0. The number of amides is 1. The Kier molecular flexibility index (Phi) is 4.13. The Morgan fingerprint density at radius 1 is 1.09 bits per heavy atom. The molecule has 0 radical (unpaired) electrons. The number of nitrogens with zero attached hydrogens (tertiary/aromatic N) is 1. The van der Waals surface area contributed by atoms with E-state index in [0.717, 1.165) is 38.2 Å². The largest absolute Gasteiger partial charge is 0.369 e. The van der Waals surface area contributed by atoms with Crippen LogP contribution >= 0.6 is 0 Å². The molecule has 0 aromatic heterocycles. The quantitative estimate of drug-likeness (QED) is 0.901. The minimum atomic E-state index is 0.0442. The van der Waals surface area contributed by atoms with Gasteiger partial charge in [-0.2, -0.15) is 0 Å². The van der Waals surface area contributed by atoms with Crippen molar-refractivity contribution in [1.29, 1.82) is 0 Å². The topological polar surface area (TPSA) is 44.4 Å². The van der Waals surface area contributed by atoms with E-state index in [1.807, 2.05) is 12.1 Å². The first-order chi connectivity index (χ1) is 10.8. The number of piperazine rings is 1. The molecule has 1 saturated heterocycles. The number of carbonyl (C=O) groups is 1. The van der Waals surface area contributed by atoms with E-state index < -0.39 is 0 Å². The van der Waals surface area contributed by atoms with Crippen molar-refractivity contribution in [3.8, 4) is 0 Å². The van der Waals surface area contributed by atoms with Gasteiger partial charge in [-0.25, -0.2) is 0 Å². The minimum Gasteiger partial charge on any atom is -0.369 e. The van der Waals surface area contributed by atoms with Crippen molar-refractivity contribution in [3.05, 3.63) is 29.8 Å². The van der Waals surface area contributed by atoms with Gasteiger partial charge in [-0.05, 0) is 41.5 Å². The van der Waals surface area contributed by atoms with E-state index in [2.05, 4.69) is 55.4 Å². The van der Waals surface area contributed by atoms with Crippen molar-refractivity contribution in [2.45, 2.75) is 40.2 Å². The van der Waals surface area contributed by atoms with E-state index in [9.17, 15) is 4.79 Å². The number of nitrogens with one attached hydrogen (secondary N) is 2. The molecule has 1 heterocycles. The summed E-state index contributed by atoms with van der Waals surface area (Å²) in [5.41, 5.74) is 2.31. The minimum absolute atomic E-state index is 0.0442. The van der Waals surface area contributed by atoms with Crippen molar-refractivity contribution < 1.29 is 4.79 Å². The van der Waals surface area contributed by atoms with E-state index in [-0.39, 0.29) is 22.8 Å². The normalized spacial score (nSPS) is 23.2. The molecule has 3 rings (SSSR count). The highest BCUT2D eigenvalue weighted by Gasteiger charge is 2.53. The Morgan fingerprint density at radius 3 is 2.17 bits per heavy atom. The molecule has 0 bridgehead atoms. The molecule has 126 valence electrons. The number of hydrogen-bond donors (Lipinski definition) is 2. The van der Waals surface area contributed by atoms with Gasteiger partial charge in [-0.15, -0.1) is 0 Å². The maximum absolute atomic E-state index is 12.6. The van der Waals surface area contributed by atoms with Gasteiger partial charge in [0.25, 0.3) is 5.91 Å². The van der Waals surface area contributed by atoms with E-state index >= 15 is 0 Å². The molecule has 1 aliphatic heterocycles. The smallest absolute Gasteiger partial charge is 0.251 e. The SMILES string of the molecule is CC1(C)CC(C)(C)C1NC(=O)c1ccc(N2CCNCC2)cc1. The van der Waals surface area contributed by atoms with Crippen LogP contribution in [0.1, 0.15) is 44.5 Å². The highest BCUT2D eigenvalue weighted by molar-refractivity contribution is 5.95. The summed E-state index contributed by atoms with van der Waals surface area (Å²) in [6.07, 6.45) is 1.15. The van der Waals surface area contributed by atoms with Gasteiger partial charge in [-0.1, -0.05) is 27.7 Å². The lowest BCUT2D eigenvalue weighted by Gasteiger charge is -2.57. The molecular formula is C19H29N3O. The molecule has 2 aliphatic rings. The Bertz CT molecular complexity index is 557. The van der Waals surface area contributed by atoms with Crippen molar-refractivity contribution in [1.82, 2.24) is 10.6 Å². The van der Waals surface area contributed by atoms with Crippen LogP contribution in [0.5, 0.6) is 0 Å². The molecule has 1 saturated carbocycles. The molecular weight excluding hydrogens is 286 g/mol. The van der Waals surface area contributed by atoms with Crippen LogP contribution in [0.25, 0.3) is 0 Å². The van der Waals surface area contributed by atoms with Crippen molar-refractivity contribution in [2.75, 3.05) is 31.1 Å². The van der Waals surface area contributed by atoms with Crippen molar-refractivity contribution in [3.63, 3.8) is 0 Å². The number of hydrogen-bond acceptors (Lipinski definition) is 3.